The topological polar surface area (TPSA) is 97.2 Å². The maximum Gasteiger partial charge on any atom is 0.251 e. The van der Waals surface area contributed by atoms with Gasteiger partial charge in [0.2, 0.25) is 10.0 Å². The standard InChI is InChI=1S/C16H21N5O3S/c1-20-15-10-11(2-5-14(15)18-19-20)16(22)17-12-6-8-21(9-7-12)25(23,24)13-3-4-13/h2,5,10,12-13H,3-4,6-9H2,1H3,(H,17,22). The highest BCUT2D eigenvalue weighted by Crippen LogP contribution is 2.32. The van der Waals surface area contributed by atoms with Crippen LogP contribution in [0.5, 0.6) is 0 Å². The second kappa shape index (κ2) is 6.06. The van der Waals surface area contributed by atoms with E-state index in [0.29, 0.717) is 31.5 Å². The minimum Gasteiger partial charge on any atom is -0.349 e. The number of amides is 1. The predicted molar refractivity (Wildman–Crippen MR) is 92.5 cm³/mol. The molecule has 1 saturated heterocycles. The third kappa shape index (κ3) is 3.13. The lowest BCUT2D eigenvalue weighted by atomic mass is 10.1. The molecule has 2 heterocycles. The number of aryl methyl sites for hydroxylation is 1. The highest BCUT2D eigenvalue weighted by molar-refractivity contribution is 7.90. The molecule has 1 aromatic heterocycles. The maximum atomic E-state index is 12.5. The molecule has 0 radical (unpaired) electrons. The van der Waals surface area contributed by atoms with Crippen LogP contribution in [-0.2, 0) is 17.1 Å². The molecular formula is C16H21N5O3S. The fourth-order valence-electron chi connectivity index (χ4n) is 3.27. The minimum absolute atomic E-state index is 0.00138. The first kappa shape index (κ1) is 16.5. The van der Waals surface area contributed by atoms with Gasteiger partial charge in [-0.1, -0.05) is 5.21 Å². The van der Waals surface area contributed by atoms with E-state index in [9.17, 15) is 13.2 Å². The lowest BCUT2D eigenvalue weighted by molar-refractivity contribution is 0.0924. The largest absolute Gasteiger partial charge is 0.349 e. The number of sulfonamides is 1. The minimum atomic E-state index is -3.11. The van der Waals surface area contributed by atoms with Crippen molar-refractivity contribution < 1.29 is 13.2 Å². The van der Waals surface area contributed by atoms with Gasteiger partial charge < -0.3 is 5.32 Å². The number of hydrogen-bond donors (Lipinski definition) is 1. The summed E-state index contributed by atoms with van der Waals surface area (Å²) in [5, 5.41) is 10.8. The molecule has 0 unspecified atom stereocenters. The number of benzene rings is 1. The summed E-state index contributed by atoms with van der Waals surface area (Å²) in [4.78, 5) is 12.5. The normalized spacial score (nSPS) is 20.0. The molecule has 134 valence electrons. The third-order valence-electron chi connectivity index (χ3n) is 4.97. The average Bonchev–Trinajstić information content (AvgIpc) is 3.40. The summed E-state index contributed by atoms with van der Waals surface area (Å²) in [5.74, 6) is -0.147. The zero-order valence-corrected chi connectivity index (χ0v) is 14.9. The van der Waals surface area contributed by atoms with Crippen molar-refractivity contribution in [2.24, 2.45) is 7.05 Å². The summed E-state index contributed by atoms with van der Waals surface area (Å²) < 4.78 is 27.7. The second-order valence-corrected chi connectivity index (χ2v) is 9.02. The van der Waals surface area contributed by atoms with Crippen molar-refractivity contribution in [3.63, 3.8) is 0 Å². The third-order valence-corrected chi connectivity index (χ3v) is 7.37. The van der Waals surface area contributed by atoms with E-state index in [-0.39, 0.29) is 17.2 Å². The van der Waals surface area contributed by atoms with Crippen molar-refractivity contribution >= 4 is 27.0 Å². The van der Waals surface area contributed by atoms with Gasteiger partial charge in [-0.05, 0) is 43.9 Å². The first-order valence-electron chi connectivity index (χ1n) is 8.54. The van der Waals surface area contributed by atoms with Crippen LogP contribution in [0, 0.1) is 0 Å². The van der Waals surface area contributed by atoms with Gasteiger partial charge >= 0.3 is 0 Å². The molecule has 2 aliphatic rings. The number of nitrogens with one attached hydrogen (secondary N) is 1. The number of carbonyl (C=O) groups excluding carboxylic acids is 1. The van der Waals surface area contributed by atoms with Crippen LogP contribution < -0.4 is 5.32 Å². The molecule has 9 heteroatoms. The fraction of sp³-hybridized carbons (Fsp3) is 0.562. The predicted octanol–water partition coefficient (Wildman–Crippen LogP) is 0.655. The Morgan fingerprint density at radius 2 is 1.92 bits per heavy atom. The number of nitrogens with zero attached hydrogens (tertiary/aromatic N) is 4. The quantitative estimate of drug-likeness (QED) is 0.860. The zero-order valence-electron chi connectivity index (χ0n) is 14.1. The van der Waals surface area contributed by atoms with Crippen molar-refractivity contribution in [1.82, 2.24) is 24.6 Å². The van der Waals surface area contributed by atoms with Crippen LogP contribution in [-0.4, -0.2) is 58.0 Å². The van der Waals surface area contributed by atoms with E-state index in [2.05, 4.69) is 15.6 Å². The van der Waals surface area contributed by atoms with E-state index in [1.54, 1.807) is 34.2 Å². The van der Waals surface area contributed by atoms with Gasteiger partial charge in [-0.15, -0.1) is 5.10 Å². The van der Waals surface area contributed by atoms with E-state index in [0.717, 1.165) is 23.9 Å². The van der Waals surface area contributed by atoms with Gasteiger partial charge in [0.15, 0.2) is 0 Å². The Morgan fingerprint density at radius 3 is 2.60 bits per heavy atom. The summed E-state index contributed by atoms with van der Waals surface area (Å²) in [5.41, 5.74) is 2.11. The summed E-state index contributed by atoms with van der Waals surface area (Å²) in [6.07, 6.45) is 2.86. The Hall–Kier alpha value is -2.00. The molecule has 1 N–H and O–H groups in total. The molecule has 0 atom stereocenters. The molecule has 1 aliphatic heterocycles. The number of fused-ring (bicyclic) bond motifs is 1. The van der Waals surface area contributed by atoms with E-state index in [1.165, 1.54) is 0 Å². The molecule has 0 spiro atoms. The van der Waals surface area contributed by atoms with Crippen molar-refractivity contribution in [3.8, 4) is 0 Å². The number of piperidine rings is 1. The van der Waals surface area contributed by atoms with E-state index < -0.39 is 10.0 Å². The van der Waals surface area contributed by atoms with Gasteiger partial charge in [-0.2, -0.15) is 0 Å². The van der Waals surface area contributed by atoms with Crippen molar-refractivity contribution in [2.75, 3.05) is 13.1 Å². The zero-order chi connectivity index (χ0) is 17.6. The van der Waals surface area contributed by atoms with Gasteiger partial charge in [0, 0.05) is 31.7 Å². The molecule has 8 nitrogen and oxygen atoms in total. The number of carbonyl (C=O) groups is 1. The van der Waals surface area contributed by atoms with E-state index >= 15 is 0 Å². The highest BCUT2D eigenvalue weighted by atomic mass is 32.2. The summed E-state index contributed by atoms with van der Waals surface area (Å²) in [6.45, 7) is 0.961. The van der Waals surface area contributed by atoms with Gasteiger partial charge in [0.05, 0.1) is 10.8 Å². The Labute approximate surface area is 146 Å². The van der Waals surface area contributed by atoms with Crippen LogP contribution in [0.25, 0.3) is 11.0 Å². The highest BCUT2D eigenvalue weighted by Gasteiger charge is 2.41. The molecule has 1 amide bonds. The molecular weight excluding hydrogens is 342 g/mol. The lowest BCUT2D eigenvalue weighted by Crippen LogP contribution is -2.47. The lowest BCUT2D eigenvalue weighted by Gasteiger charge is -2.31. The van der Waals surface area contributed by atoms with Gasteiger partial charge in [-0.25, -0.2) is 17.4 Å². The number of hydrogen-bond acceptors (Lipinski definition) is 5. The maximum absolute atomic E-state index is 12.5. The number of rotatable bonds is 4. The van der Waals surface area contributed by atoms with Gasteiger partial charge in [0.1, 0.15) is 5.52 Å². The molecule has 1 aliphatic carbocycles. The Kier molecular flexibility index (Phi) is 3.99. The van der Waals surface area contributed by atoms with Crippen LogP contribution in [0.1, 0.15) is 36.0 Å². The van der Waals surface area contributed by atoms with Crippen molar-refractivity contribution in [1.29, 1.82) is 0 Å². The molecule has 2 aromatic rings. The van der Waals surface area contributed by atoms with Crippen LogP contribution in [0.15, 0.2) is 18.2 Å². The van der Waals surface area contributed by atoms with E-state index in [4.69, 9.17) is 0 Å². The van der Waals surface area contributed by atoms with Gasteiger partial charge in [-0.3, -0.25) is 4.79 Å². The van der Waals surface area contributed by atoms with E-state index in [1.807, 2.05) is 0 Å². The molecule has 2 fully saturated rings. The summed E-state index contributed by atoms with van der Waals surface area (Å²) in [7, 11) is -1.33. The van der Waals surface area contributed by atoms with Crippen LogP contribution >= 0.6 is 0 Å². The SMILES string of the molecule is Cn1nnc2ccc(C(=O)NC3CCN(S(=O)(=O)C4CC4)CC3)cc21. The monoisotopic (exact) mass is 363 g/mol. The number of aromatic nitrogens is 3. The summed E-state index contributed by atoms with van der Waals surface area (Å²) >= 11 is 0. The Morgan fingerprint density at radius 1 is 1.20 bits per heavy atom. The van der Waals surface area contributed by atoms with Crippen LogP contribution in [0.3, 0.4) is 0 Å². The molecule has 1 aromatic carbocycles. The second-order valence-electron chi connectivity index (χ2n) is 6.81. The average molecular weight is 363 g/mol. The Balaban J connectivity index is 1.39. The molecule has 1 saturated carbocycles. The van der Waals surface area contributed by atoms with Crippen LogP contribution in [0.4, 0.5) is 0 Å². The summed E-state index contributed by atoms with van der Waals surface area (Å²) in [6, 6.07) is 5.29. The van der Waals surface area contributed by atoms with Crippen LogP contribution in [0.2, 0.25) is 0 Å². The van der Waals surface area contributed by atoms with Gasteiger partial charge in [0.25, 0.3) is 5.91 Å². The first-order valence-corrected chi connectivity index (χ1v) is 10.0. The van der Waals surface area contributed by atoms with Crippen molar-refractivity contribution in [2.45, 2.75) is 37.0 Å². The molecule has 25 heavy (non-hydrogen) atoms. The fourth-order valence-corrected chi connectivity index (χ4v) is 5.15. The first-order chi connectivity index (χ1) is 11.9. The van der Waals surface area contributed by atoms with Crippen molar-refractivity contribution in [3.05, 3.63) is 23.8 Å². The molecule has 4 rings (SSSR count). The Bertz CT molecular complexity index is 911. The molecule has 0 bridgehead atoms. The smallest absolute Gasteiger partial charge is 0.251 e.